The predicted octanol–water partition coefficient (Wildman–Crippen LogP) is 2.73. The van der Waals surface area contributed by atoms with Crippen molar-refractivity contribution in [3.63, 3.8) is 0 Å². The van der Waals surface area contributed by atoms with Crippen LogP contribution in [-0.4, -0.2) is 19.4 Å². The molecule has 0 saturated carbocycles. The number of ether oxygens (including phenoxy) is 2. The molecule has 0 fully saturated rings. The first-order valence-corrected chi connectivity index (χ1v) is 5.28. The van der Waals surface area contributed by atoms with Crippen molar-refractivity contribution in [1.29, 1.82) is 0 Å². The average Bonchev–Trinajstić information content (AvgIpc) is 2.75. The Morgan fingerprint density at radius 2 is 1.94 bits per heavy atom. The molecule has 0 aliphatic heterocycles. The molecule has 1 aromatic carbocycles. The molecular weight excluding hydrogens is 263 g/mol. The van der Waals surface area contributed by atoms with Gasteiger partial charge in [0.2, 0.25) is 11.7 Å². The second-order valence-corrected chi connectivity index (χ2v) is 3.80. The van der Waals surface area contributed by atoms with Crippen molar-refractivity contribution in [2.45, 2.75) is 0 Å². The molecule has 1 aromatic heterocycles. The topological polar surface area (TPSA) is 70.5 Å². The number of hydrogen-bond acceptors (Lipinski definition) is 5. The summed E-state index contributed by atoms with van der Waals surface area (Å²) in [6.07, 6.45) is 1.36. The number of benzene rings is 1. The largest absolute Gasteiger partial charge is 0.493 e. The lowest BCUT2D eigenvalue weighted by atomic mass is 10.1. The lowest BCUT2D eigenvalue weighted by Gasteiger charge is -2.12. The molecule has 96 valence electrons. The Morgan fingerprint density at radius 3 is 2.44 bits per heavy atom. The normalized spacial score (nSPS) is 10.4. The lowest BCUT2D eigenvalue weighted by molar-refractivity contribution is 0.352. The average molecular weight is 273 g/mol. The molecule has 0 aliphatic carbocycles. The highest BCUT2D eigenvalue weighted by Gasteiger charge is 2.22. The molecule has 0 aliphatic rings. The van der Waals surface area contributed by atoms with E-state index in [1.165, 1.54) is 26.5 Å². The minimum absolute atomic E-state index is 0.0360. The standard InChI is InChI=1S/C11H10ClFN2O3/c1-16-9-5(6-4-15-18-11(6)14)3-7(12)10(17-2)8(9)13/h3-4H,14H2,1-2H3. The number of halogens is 2. The molecule has 18 heavy (non-hydrogen) atoms. The van der Waals surface area contributed by atoms with Crippen LogP contribution in [0.1, 0.15) is 0 Å². The first kappa shape index (κ1) is 12.5. The van der Waals surface area contributed by atoms with Gasteiger partial charge in [0.15, 0.2) is 11.5 Å². The van der Waals surface area contributed by atoms with Crippen LogP contribution in [0, 0.1) is 5.82 Å². The van der Waals surface area contributed by atoms with E-state index in [2.05, 4.69) is 5.16 Å². The van der Waals surface area contributed by atoms with Gasteiger partial charge in [-0.15, -0.1) is 0 Å². The number of aromatic nitrogens is 1. The number of methoxy groups -OCH3 is 2. The molecule has 7 heteroatoms. The highest BCUT2D eigenvalue weighted by Crippen LogP contribution is 2.43. The van der Waals surface area contributed by atoms with E-state index in [9.17, 15) is 4.39 Å². The van der Waals surface area contributed by atoms with Gasteiger partial charge in [-0.2, -0.15) is 4.39 Å². The Hall–Kier alpha value is -1.95. The van der Waals surface area contributed by atoms with Gasteiger partial charge >= 0.3 is 0 Å². The van der Waals surface area contributed by atoms with Gasteiger partial charge in [-0.05, 0) is 6.07 Å². The molecule has 2 aromatic rings. The lowest BCUT2D eigenvalue weighted by Crippen LogP contribution is -1.98. The summed E-state index contributed by atoms with van der Waals surface area (Å²) >= 11 is 5.92. The third-order valence-corrected chi connectivity index (χ3v) is 2.71. The van der Waals surface area contributed by atoms with Gasteiger partial charge in [0.05, 0.1) is 31.0 Å². The number of hydrogen-bond donors (Lipinski definition) is 1. The molecule has 0 unspecified atom stereocenters. The van der Waals surface area contributed by atoms with E-state index in [4.69, 9.17) is 31.3 Å². The van der Waals surface area contributed by atoms with Crippen molar-refractivity contribution in [3.8, 4) is 22.6 Å². The Morgan fingerprint density at radius 1 is 1.28 bits per heavy atom. The third kappa shape index (κ3) is 1.84. The van der Waals surface area contributed by atoms with Crippen LogP contribution in [0.3, 0.4) is 0 Å². The van der Waals surface area contributed by atoms with Gasteiger partial charge in [0, 0.05) is 5.56 Å². The predicted molar refractivity (Wildman–Crippen MR) is 64.4 cm³/mol. The first-order valence-electron chi connectivity index (χ1n) is 4.90. The van der Waals surface area contributed by atoms with Crippen LogP contribution in [0.15, 0.2) is 16.8 Å². The zero-order valence-corrected chi connectivity index (χ0v) is 10.4. The summed E-state index contributed by atoms with van der Waals surface area (Å²) < 4.78 is 28.7. The minimum Gasteiger partial charge on any atom is -0.493 e. The van der Waals surface area contributed by atoms with E-state index in [0.717, 1.165) is 0 Å². The van der Waals surface area contributed by atoms with E-state index in [1.54, 1.807) is 0 Å². The van der Waals surface area contributed by atoms with E-state index >= 15 is 0 Å². The maximum absolute atomic E-state index is 14.1. The van der Waals surface area contributed by atoms with Crippen LogP contribution in [0.25, 0.3) is 11.1 Å². The van der Waals surface area contributed by atoms with Gasteiger partial charge in [-0.25, -0.2) is 0 Å². The van der Waals surface area contributed by atoms with Gasteiger partial charge in [0.25, 0.3) is 0 Å². The molecular formula is C11H10ClFN2O3. The third-order valence-electron chi connectivity index (χ3n) is 2.43. The molecule has 5 nitrogen and oxygen atoms in total. The van der Waals surface area contributed by atoms with Crippen molar-refractivity contribution >= 4 is 17.5 Å². The van der Waals surface area contributed by atoms with E-state index in [0.29, 0.717) is 11.1 Å². The number of nitrogen functional groups attached to an aromatic ring is 1. The molecule has 1 heterocycles. The Kier molecular flexibility index (Phi) is 3.29. The van der Waals surface area contributed by atoms with Gasteiger partial charge in [-0.3, -0.25) is 0 Å². The Bertz CT molecular complexity index is 586. The summed E-state index contributed by atoms with van der Waals surface area (Å²) in [5.74, 6) is -0.782. The minimum atomic E-state index is -0.705. The molecule has 0 spiro atoms. The van der Waals surface area contributed by atoms with Crippen LogP contribution in [0.5, 0.6) is 11.5 Å². The fourth-order valence-electron chi connectivity index (χ4n) is 1.62. The molecule has 2 N–H and O–H groups in total. The molecule has 0 saturated heterocycles. The van der Waals surface area contributed by atoms with Crippen molar-refractivity contribution in [3.05, 3.63) is 23.1 Å². The summed E-state index contributed by atoms with van der Waals surface area (Å²) in [5.41, 5.74) is 6.33. The van der Waals surface area contributed by atoms with Crippen molar-refractivity contribution < 1.29 is 18.4 Å². The number of anilines is 1. The SMILES string of the molecule is COc1c(Cl)cc(-c2cnoc2N)c(OC)c1F. The summed E-state index contributed by atoms with van der Waals surface area (Å²) in [4.78, 5) is 0. The molecule has 2 rings (SSSR count). The van der Waals surface area contributed by atoms with E-state index in [-0.39, 0.29) is 22.4 Å². The molecule has 0 radical (unpaired) electrons. The van der Waals surface area contributed by atoms with Gasteiger partial charge in [-0.1, -0.05) is 16.8 Å². The van der Waals surface area contributed by atoms with Crippen molar-refractivity contribution in [2.75, 3.05) is 20.0 Å². The van der Waals surface area contributed by atoms with Gasteiger partial charge in [0.1, 0.15) is 0 Å². The molecule has 0 amide bonds. The Labute approximate surface area is 107 Å². The highest BCUT2D eigenvalue weighted by atomic mass is 35.5. The maximum Gasteiger partial charge on any atom is 0.230 e. The second-order valence-electron chi connectivity index (χ2n) is 3.39. The number of rotatable bonds is 3. The van der Waals surface area contributed by atoms with Crippen LogP contribution in [-0.2, 0) is 0 Å². The Balaban J connectivity index is 2.72. The van der Waals surface area contributed by atoms with E-state index < -0.39 is 5.82 Å². The summed E-state index contributed by atoms with van der Waals surface area (Å²) in [7, 11) is 2.65. The first-order chi connectivity index (χ1) is 8.60. The number of nitrogens with zero attached hydrogens (tertiary/aromatic N) is 1. The number of nitrogens with two attached hydrogens (primary N) is 1. The fraction of sp³-hybridized carbons (Fsp3) is 0.182. The zero-order valence-electron chi connectivity index (χ0n) is 9.66. The summed E-state index contributed by atoms with van der Waals surface area (Å²) in [5, 5.41) is 3.63. The van der Waals surface area contributed by atoms with Crippen LogP contribution in [0.2, 0.25) is 5.02 Å². The fourth-order valence-corrected chi connectivity index (χ4v) is 1.89. The van der Waals surface area contributed by atoms with Crippen molar-refractivity contribution in [2.24, 2.45) is 0 Å². The van der Waals surface area contributed by atoms with Crippen molar-refractivity contribution in [1.82, 2.24) is 5.16 Å². The summed E-state index contributed by atoms with van der Waals surface area (Å²) in [6.45, 7) is 0. The summed E-state index contributed by atoms with van der Waals surface area (Å²) in [6, 6.07) is 1.48. The smallest absolute Gasteiger partial charge is 0.230 e. The zero-order chi connectivity index (χ0) is 13.3. The monoisotopic (exact) mass is 272 g/mol. The highest BCUT2D eigenvalue weighted by molar-refractivity contribution is 6.32. The molecule has 0 bridgehead atoms. The molecule has 0 atom stereocenters. The van der Waals surface area contributed by atoms with E-state index in [1.807, 2.05) is 0 Å². The van der Waals surface area contributed by atoms with Crippen LogP contribution in [0.4, 0.5) is 10.3 Å². The van der Waals surface area contributed by atoms with Gasteiger partial charge < -0.3 is 19.7 Å². The maximum atomic E-state index is 14.1. The second kappa shape index (κ2) is 4.73. The quantitative estimate of drug-likeness (QED) is 0.930. The van der Waals surface area contributed by atoms with Crippen LogP contribution >= 0.6 is 11.6 Å². The van der Waals surface area contributed by atoms with Crippen LogP contribution < -0.4 is 15.2 Å².